The van der Waals surface area contributed by atoms with Crippen LogP contribution in [0.25, 0.3) is 0 Å². The van der Waals surface area contributed by atoms with E-state index in [-0.39, 0.29) is 22.4 Å². The van der Waals surface area contributed by atoms with E-state index in [1.54, 1.807) is 16.8 Å². The number of amides is 2. The van der Waals surface area contributed by atoms with Gasteiger partial charge in [-0.25, -0.2) is 4.39 Å². The molecule has 0 unspecified atom stereocenters. The van der Waals surface area contributed by atoms with Crippen molar-refractivity contribution >= 4 is 23.4 Å². The van der Waals surface area contributed by atoms with Gasteiger partial charge in [-0.1, -0.05) is 31.4 Å². The van der Waals surface area contributed by atoms with Crippen LogP contribution in [0.2, 0.25) is 5.02 Å². The summed E-state index contributed by atoms with van der Waals surface area (Å²) < 4.78 is 13.6. The minimum absolute atomic E-state index is 0.0199. The van der Waals surface area contributed by atoms with Crippen LogP contribution in [0, 0.1) is 5.82 Å². The zero-order valence-corrected chi connectivity index (χ0v) is 13.6. The predicted octanol–water partition coefficient (Wildman–Crippen LogP) is 2.95. The molecule has 0 N–H and O–H groups in total. The summed E-state index contributed by atoms with van der Waals surface area (Å²) >= 11 is 5.65. The van der Waals surface area contributed by atoms with Crippen molar-refractivity contribution < 1.29 is 14.0 Å². The molecule has 0 bridgehead atoms. The summed E-state index contributed by atoms with van der Waals surface area (Å²) in [5.41, 5.74) is 0.223. The highest BCUT2D eigenvalue weighted by Gasteiger charge is 2.35. The molecular weight excluding hydrogens is 307 g/mol. The molecule has 120 valence electrons. The van der Waals surface area contributed by atoms with Gasteiger partial charge in [0.1, 0.15) is 11.9 Å². The number of carbonyl (C=O) groups is 2. The third kappa shape index (κ3) is 3.40. The highest BCUT2D eigenvalue weighted by molar-refractivity contribution is 6.30. The summed E-state index contributed by atoms with van der Waals surface area (Å²) in [5.74, 6) is -1.00. The van der Waals surface area contributed by atoms with Gasteiger partial charge in [-0.05, 0) is 24.6 Å². The molecule has 0 saturated carbocycles. The van der Waals surface area contributed by atoms with Crippen molar-refractivity contribution in [2.45, 2.75) is 32.2 Å². The lowest BCUT2D eigenvalue weighted by atomic mass is 10.0. The fourth-order valence-corrected chi connectivity index (χ4v) is 2.74. The van der Waals surface area contributed by atoms with Crippen LogP contribution in [0.4, 0.5) is 4.39 Å². The van der Waals surface area contributed by atoms with Gasteiger partial charge in [-0.2, -0.15) is 0 Å². The molecule has 2 amide bonds. The number of hydrogen-bond acceptors (Lipinski definition) is 2. The minimum atomic E-state index is -0.627. The predicted molar refractivity (Wildman–Crippen MR) is 83.4 cm³/mol. The van der Waals surface area contributed by atoms with Crippen molar-refractivity contribution in [3.8, 4) is 0 Å². The molecule has 0 aromatic heterocycles. The van der Waals surface area contributed by atoms with E-state index in [0.29, 0.717) is 19.5 Å². The molecule has 0 radical (unpaired) electrons. The van der Waals surface area contributed by atoms with Gasteiger partial charge in [0.25, 0.3) is 5.91 Å². The molecule has 22 heavy (non-hydrogen) atoms. The van der Waals surface area contributed by atoms with Gasteiger partial charge in [0.2, 0.25) is 5.91 Å². The van der Waals surface area contributed by atoms with Crippen molar-refractivity contribution in [3.63, 3.8) is 0 Å². The van der Waals surface area contributed by atoms with Crippen LogP contribution in [0.3, 0.4) is 0 Å². The zero-order valence-electron chi connectivity index (χ0n) is 12.8. The second-order valence-corrected chi connectivity index (χ2v) is 5.95. The van der Waals surface area contributed by atoms with Crippen LogP contribution in [-0.4, -0.2) is 47.8 Å². The minimum Gasteiger partial charge on any atom is -0.342 e. The molecule has 4 nitrogen and oxygen atoms in total. The third-order valence-corrected chi connectivity index (χ3v) is 4.28. The molecule has 6 heteroatoms. The fraction of sp³-hybridized carbons (Fsp3) is 0.500. The molecule has 2 rings (SSSR count). The van der Waals surface area contributed by atoms with Crippen LogP contribution < -0.4 is 0 Å². The van der Waals surface area contributed by atoms with Gasteiger partial charge in [0.15, 0.2) is 0 Å². The topological polar surface area (TPSA) is 40.6 Å². The van der Waals surface area contributed by atoms with Crippen molar-refractivity contribution in [2.24, 2.45) is 0 Å². The number of benzene rings is 1. The highest BCUT2D eigenvalue weighted by Crippen LogP contribution is 2.21. The quantitative estimate of drug-likeness (QED) is 0.853. The first-order valence-electron chi connectivity index (χ1n) is 7.46. The Kier molecular flexibility index (Phi) is 5.40. The number of likely N-dealkylation sites (N-methyl/N-ethyl adjacent to an activating group) is 1. The van der Waals surface area contributed by atoms with Crippen LogP contribution in [0.5, 0.6) is 0 Å². The van der Waals surface area contributed by atoms with Gasteiger partial charge in [0, 0.05) is 25.7 Å². The molecule has 1 aliphatic rings. The monoisotopic (exact) mass is 326 g/mol. The maximum atomic E-state index is 13.6. The first kappa shape index (κ1) is 16.7. The standard InChI is InChI=1S/C16H20ClFN2O2/c1-3-4-5-14-16(22)19(2)8-9-20(14)15(21)11-6-7-12(17)13(18)10-11/h6-7,10,14H,3-5,8-9H2,1-2H3/t14-/m1/s1. The van der Waals surface area contributed by atoms with E-state index < -0.39 is 11.9 Å². The third-order valence-electron chi connectivity index (χ3n) is 3.97. The Hall–Kier alpha value is -1.62. The van der Waals surface area contributed by atoms with E-state index in [1.807, 2.05) is 6.92 Å². The average molecular weight is 327 g/mol. The summed E-state index contributed by atoms with van der Waals surface area (Å²) in [5, 5.41) is -0.0199. The molecule has 1 aliphatic heterocycles. The van der Waals surface area contributed by atoms with Crippen molar-refractivity contribution in [1.29, 1.82) is 0 Å². The molecule has 0 spiro atoms. The Morgan fingerprint density at radius 1 is 1.41 bits per heavy atom. The second kappa shape index (κ2) is 7.09. The summed E-state index contributed by atoms with van der Waals surface area (Å²) in [4.78, 5) is 28.2. The Morgan fingerprint density at radius 3 is 2.77 bits per heavy atom. The molecule has 1 saturated heterocycles. The Bertz CT molecular complexity index is 579. The van der Waals surface area contributed by atoms with Crippen LogP contribution in [-0.2, 0) is 4.79 Å². The summed E-state index contributed by atoms with van der Waals surface area (Å²) in [6.07, 6.45) is 2.44. The van der Waals surface area contributed by atoms with Crippen molar-refractivity contribution in [2.75, 3.05) is 20.1 Å². The van der Waals surface area contributed by atoms with Gasteiger partial charge < -0.3 is 9.80 Å². The van der Waals surface area contributed by atoms with Crippen molar-refractivity contribution in [1.82, 2.24) is 9.80 Å². The lowest BCUT2D eigenvalue weighted by Gasteiger charge is -2.39. The molecule has 1 heterocycles. The Labute approximate surface area is 134 Å². The summed E-state index contributed by atoms with van der Waals surface area (Å²) in [6, 6.07) is 3.52. The Balaban J connectivity index is 2.24. The second-order valence-electron chi connectivity index (χ2n) is 5.55. The van der Waals surface area contributed by atoms with Gasteiger partial charge >= 0.3 is 0 Å². The molecule has 1 fully saturated rings. The fourth-order valence-electron chi connectivity index (χ4n) is 2.63. The SMILES string of the molecule is CCCC[C@@H]1C(=O)N(C)CCN1C(=O)c1ccc(Cl)c(F)c1. The summed E-state index contributed by atoms with van der Waals surface area (Å²) in [7, 11) is 1.74. The molecule has 1 aromatic rings. The maximum Gasteiger partial charge on any atom is 0.254 e. The number of nitrogens with zero attached hydrogens (tertiary/aromatic N) is 2. The van der Waals surface area contributed by atoms with E-state index in [0.717, 1.165) is 18.9 Å². The molecule has 1 atom stereocenters. The van der Waals surface area contributed by atoms with Gasteiger partial charge in [-0.3, -0.25) is 9.59 Å². The lowest BCUT2D eigenvalue weighted by Crippen LogP contribution is -2.57. The average Bonchev–Trinajstić information content (AvgIpc) is 2.50. The number of halogens is 2. The molecule has 0 aliphatic carbocycles. The maximum absolute atomic E-state index is 13.6. The normalized spacial score (nSPS) is 18.7. The number of hydrogen-bond donors (Lipinski definition) is 0. The first-order chi connectivity index (χ1) is 10.5. The highest BCUT2D eigenvalue weighted by atomic mass is 35.5. The van der Waals surface area contributed by atoms with E-state index in [2.05, 4.69) is 0 Å². The first-order valence-corrected chi connectivity index (χ1v) is 7.84. The largest absolute Gasteiger partial charge is 0.342 e. The van der Waals surface area contributed by atoms with Gasteiger partial charge in [-0.15, -0.1) is 0 Å². The number of piperazine rings is 1. The van der Waals surface area contributed by atoms with Crippen LogP contribution >= 0.6 is 11.6 Å². The van der Waals surface area contributed by atoms with E-state index in [4.69, 9.17) is 11.6 Å². The molecular formula is C16H20ClFN2O2. The number of carbonyl (C=O) groups excluding carboxylic acids is 2. The smallest absolute Gasteiger partial charge is 0.254 e. The lowest BCUT2D eigenvalue weighted by molar-refractivity contribution is -0.138. The Morgan fingerprint density at radius 2 is 2.14 bits per heavy atom. The number of unbranched alkanes of at least 4 members (excludes halogenated alkanes) is 1. The van der Waals surface area contributed by atoms with Gasteiger partial charge in [0.05, 0.1) is 5.02 Å². The van der Waals surface area contributed by atoms with Crippen LogP contribution in [0.15, 0.2) is 18.2 Å². The number of rotatable bonds is 4. The summed E-state index contributed by atoms with van der Waals surface area (Å²) in [6.45, 7) is 2.99. The van der Waals surface area contributed by atoms with E-state index in [1.165, 1.54) is 12.1 Å². The van der Waals surface area contributed by atoms with E-state index in [9.17, 15) is 14.0 Å². The molecule has 1 aromatic carbocycles. The van der Waals surface area contributed by atoms with Crippen LogP contribution in [0.1, 0.15) is 36.5 Å². The van der Waals surface area contributed by atoms with Crippen molar-refractivity contribution in [3.05, 3.63) is 34.6 Å². The zero-order chi connectivity index (χ0) is 16.3. The van der Waals surface area contributed by atoms with E-state index >= 15 is 0 Å².